The molecule has 1 aliphatic rings. The molecule has 1 heterocycles. The van der Waals surface area contributed by atoms with Crippen molar-refractivity contribution >= 4 is 17.5 Å². The average Bonchev–Trinajstić information content (AvgIpc) is 2.61. The minimum Gasteiger partial charge on any atom is -0.495 e. The molecule has 0 spiro atoms. The quantitative estimate of drug-likeness (QED) is 0.775. The third kappa shape index (κ3) is 5.74. The smallest absolute Gasteiger partial charge is 0.313 e. The fraction of sp³-hybridized carbons (Fsp3) is 0.579. The molecule has 1 aromatic rings. The van der Waals surface area contributed by atoms with Crippen molar-refractivity contribution in [1.82, 2.24) is 10.2 Å². The van der Waals surface area contributed by atoms with E-state index in [0.29, 0.717) is 11.4 Å². The van der Waals surface area contributed by atoms with E-state index in [9.17, 15) is 9.59 Å². The molecule has 6 nitrogen and oxygen atoms in total. The van der Waals surface area contributed by atoms with Crippen molar-refractivity contribution < 1.29 is 14.3 Å². The Morgan fingerprint density at radius 1 is 1.24 bits per heavy atom. The number of likely N-dealkylation sites (tertiary alicyclic amines) is 1. The number of nitrogens with one attached hydrogen (secondary N) is 2. The Labute approximate surface area is 149 Å². The van der Waals surface area contributed by atoms with Crippen LogP contribution in [-0.2, 0) is 9.59 Å². The van der Waals surface area contributed by atoms with Gasteiger partial charge in [0.05, 0.1) is 12.8 Å². The molecule has 0 bridgehead atoms. The van der Waals surface area contributed by atoms with Gasteiger partial charge in [-0.1, -0.05) is 19.4 Å². The zero-order chi connectivity index (χ0) is 18.2. The van der Waals surface area contributed by atoms with Crippen molar-refractivity contribution in [1.29, 1.82) is 0 Å². The van der Waals surface area contributed by atoms with Crippen molar-refractivity contribution in [3.8, 4) is 5.75 Å². The van der Waals surface area contributed by atoms with Crippen LogP contribution >= 0.6 is 0 Å². The Hall–Kier alpha value is -2.08. The first-order valence-corrected chi connectivity index (χ1v) is 9.02. The van der Waals surface area contributed by atoms with E-state index in [1.165, 1.54) is 20.0 Å². The summed E-state index contributed by atoms with van der Waals surface area (Å²) >= 11 is 0. The molecule has 0 atom stereocenters. The van der Waals surface area contributed by atoms with Crippen LogP contribution in [0.25, 0.3) is 0 Å². The van der Waals surface area contributed by atoms with Crippen molar-refractivity contribution in [2.24, 2.45) is 0 Å². The summed E-state index contributed by atoms with van der Waals surface area (Å²) in [5.41, 5.74) is 1.49. The second-order valence-electron chi connectivity index (χ2n) is 6.60. The number of rotatable bonds is 6. The van der Waals surface area contributed by atoms with Gasteiger partial charge in [-0.15, -0.1) is 0 Å². The van der Waals surface area contributed by atoms with Gasteiger partial charge < -0.3 is 20.3 Å². The molecular weight excluding hydrogens is 318 g/mol. The molecule has 2 rings (SSSR count). The zero-order valence-corrected chi connectivity index (χ0v) is 15.4. The molecule has 1 aliphatic heterocycles. The minimum atomic E-state index is -0.655. The summed E-state index contributed by atoms with van der Waals surface area (Å²) in [6.07, 6.45) is 4.17. The molecule has 2 amide bonds. The van der Waals surface area contributed by atoms with Crippen LogP contribution in [-0.4, -0.2) is 49.5 Å². The fourth-order valence-electron chi connectivity index (χ4n) is 3.03. The number of hydrogen-bond acceptors (Lipinski definition) is 4. The molecule has 2 N–H and O–H groups in total. The molecular formula is C19H29N3O3. The number of unbranched alkanes of at least 4 members (excludes halogenated alkanes) is 1. The Morgan fingerprint density at radius 3 is 2.60 bits per heavy atom. The number of nitrogens with zero attached hydrogens (tertiary/aromatic N) is 1. The first-order chi connectivity index (χ1) is 12.0. The standard InChI is InChI=1S/C19H29N3O3/c1-4-5-10-22-11-8-15(9-12-22)20-18(23)19(24)21-16-13-14(2)6-7-17(16)25-3/h6-7,13,15H,4-5,8-12H2,1-3H3,(H,20,23)(H,21,24). The van der Waals surface area contributed by atoms with Gasteiger partial charge >= 0.3 is 11.8 Å². The highest BCUT2D eigenvalue weighted by Crippen LogP contribution is 2.25. The van der Waals surface area contributed by atoms with E-state index in [1.807, 2.05) is 13.0 Å². The van der Waals surface area contributed by atoms with E-state index < -0.39 is 11.8 Å². The van der Waals surface area contributed by atoms with E-state index in [2.05, 4.69) is 22.5 Å². The van der Waals surface area contributed by atoms with Crippen molar-refractivity contribution in [2.45, 2.75) is 45.6 Å². The van der Waals surface area contributed by atoms with Gasteiger partial charge in [0.25, 0.3) is 0 Å². The SMILES string of the molecule is CCCCN1CCC(NC(=O)C(=O)Nc2cc(C)ccc2OC)CC1. The van der Waals surface area contributed by atoms with Crippen LogP contribution < -0.4 is 15.4 Å². The highest BCUT2D eigenvalue weighted by atomic mass is 16.5. The molecule has 138 valence electrons. The van der Waals surface area contributed by atoms with Gasteiger partial charge in [0.1, 0.15) is 5.75 Å². The van der Waals surface area contributed by atoms with Crippen LogP contribution in [0.3, 0.4) is 0 Å². The molecule has 6 heteroatoms. The number of aryl methyl sites for hydroxylation is 1. The number of anilines is 1. The first kappa shape index (κ1) is 19.2. The van der Waals surface area contributed by atoms with Gasteiger partial charge in [-0.25, -0.2) is 0 Å². The third-order valence-electron chi connectivity index (χ3n) is 4.56. The summed E-state index contributed by atoms with van der Waals surface area (Å²) in [5.74, 6) is -0.705. The number of carbonyl (C=O) groups excluding carboxylic acids is 2. The number of benzene rings is 1. The van der Waals surface area contributed by atoms with E-state index in [-0.39, 0.29) is 6.04 Å². The summed E-state index contributed by atoms with van der Waals surface area (Å²) in [6, 6.07) is 5.52. The third-order valence-corrected chi connectivity index (χ3v) is 4.56. The highest BCUT2D eigenvalue weighted by Gasteiger charge is 2.23. The highest BCUT2D eigenvalue weighted by molar-refractivity contribution is 6.39. The van der Waals surface area contributed by atoms with Crippen LogP contribution in [0.2, 0.25) is 0 Å². The molecule has 0 aromatic heterocycles. The maximum atomic E-state index is 12.2. The minimum absolute atomic E-state index is 0.0653. The number of carbonyl (C=O) groups is 2. The number of piperidine rings is 1. The van der Waals surface area contributed by atoms with Gasteiger partial charge in [0.15, 0.2) is 0 Å². The molecule has 0 radical (unpaired) electrons. The summed E-state index contributed by atoms with van der Waals surface area (Å²) in [6.45, 7) is 7.16. The van der Waals surface area contributed by atoms with Gasteiger partial charge in [-0.3, -0.25) is 9.59 Å². The van der Waals surface area contributed by atoms with E-state index in [1.54, 1.807) is 12.1 Å². The predicted octanol–water partition coefficient (Wildman–Crippen LogP) is 2.32. The van der Waals surface area contributed by atoms with Crippen LogP contribution in [0.1, 0.15) is 38.2 Å². The van der Waals surface area contributed by atoms with Gasteiger partial charge in [-0.05, 0) is 50.4 Å². The number of hydrogen-bond donors (Lipinski definition) is 2. The fourth-order valence-corrected chi connectivity index (χ4v) is 3.03. The van der Waals surface area contributed by atoms with E-state index in [4.69, 9.17) is 4.74 Å². The normalized spacial score (nSPS) is 15.6. The molecule has 0 aliphatic carbocycles. The Bertz CT molecular complexity index is 596. The number of methoxy groups -OCH3 is 1. The second-order valence-corrected chi connectivity index (χ2v) is 6.60. The maximum absolute atomic E-state index is 12.2. The lowest BCUT2D eigenvalue weighted by Gasteiger charge is -2.32. The van der Waals surface area contributed by atoms with Crippen LogP contribution in [0.4, 0.5) is 5.69 Å². The van der Waals surface area contributed by atoms with Crippen LogP contribution in [0.15, 0.2) is 18.2 Å². The topological polar surface area (TPSA) is 70.7 Å². The first-order valence-electron chi connectivity index (χ1n) is 9.02. The lowest BCUT2D eigenvalue weighted by molar-refractivity contribution is -0.136. The van der Waals surface area contributed by atoms with E-state index in [0.717, 1.165) is 38.0 Å². The predicted molar refractivity (Wildman–Crippen MR) is 98.9 cm³/mol. The van der Waals surface area contributed by atoms with Crippen LogP contribution in [0, 0.1) is 6.92 Å². The largest absolute Gasteiger partial charge is 0.495 e. The maximum Gasteiger partial charge on any atom is 0.313 e. The molecule has 0 saturated carbocycles. The summed E-state index contributed by atoms with van der Waals surface area (Å²) in [7, 11) is 1.53. The summed E-state index contributed by atoms with van der Waals surface area (Å²) in [5, 5.41) is 5.49. The molecule has 1 saturated heterocycles. The molecule has 1 fully saturated rings. The van der Waals surface area contributed by atoms with Crippen molar-refractivity contribution in [3.05, 3.63) is 23.8 Å². The average molecular weight is 347 g/mol. The second kappa shape index (κ2) is 9.42. The Balaban J connectivity index is 1.83. The number of amides is 2. The van der Waals surface area contributed by atoms with Crippen molar-refractivity contribution in [3.63, 3.8) is 0 Å². The zero-order valence-electron chi connectivity index (χ0n) is 15.4. The van der Waals surface area contributed by atoms with Gasteiger partial charge in [0.2, 0.25) is 0 Å². The number of ether oxygens (including phenoxy) is 1. The van der Waals surface area contributed by atoms with Crippen LogP contribution in [0.5, 0.6) is 5.75 Å². The molecule has 0 unspecified atom stereocenters. The Morgan fingerprint density at radius 2 is 1.96 bits per heavy atom. The summed E-state index contributed by atoms with van der Waals surface area (Å²) in [4.78, 5) is 26.8. The van der Waals surface area contributed by atoms with Gasteiger partial charge in [0, 0.05) is 19.1 Å². The Kier molecular flexibility index (Phi) is 7.25. The van der Waals surface area contributed by atoms with Gasteiger partial charge in [-0.2, -0.15) is 0 Å². The lowest BCUT2D eigenvalue weighted by Crippen LogP contribution is -2.47. The van der Waals surface area contributed by atoms with E-state index >= 15 is 0 Å². The monoisotopic (exact) mass is 347 g/mol. The molecule has 25 heavy (non-hydrogen) atoms. The lowest BCUT2D eigenvalue weighted by atomic mass is 10.0. The van der Waals surface area contributed by atoms with Crippen molar-refractivity contribution in [2.75, 3.05) is 32.1 Å². The molecule has 1 aromatic carbocycles. The summed E-state index contributed by atoms with van der Waals surface area (Å²) < 4.78 is 5.22.